The average molecular weight is 294 g/mol. The summed E-state index contributed by atoms with van der Waals surface area (Å²) in [6.07, 6.45) is 3.44. The summed E-state index contributed by atoms with van der Waals surface area (Å²) in [5.74, 6) is -0.982. The minimum absolute atomic E-state index is 0.193. The largest absolute Gasteiger partial charge is 0.478 e. The molecule has 20 heavy (non-hydrogen) atoms. The summed E-state index contributed by atoms with van der Waals surface area (Å²) in [7, 11) is -3.48. The molecule has 1 aromatic carbocycles. The Hall–Kier alpha value is -2.12. The zero-order chi connectivity index (χ0) is 14.6. The number of carbonyl (C=O) groups is 1. The summed E-state index contributed by atoms with van der Waals surface area (Å²) in [4.78, 5) is 13.6. The van der Waals surface area contributed by atoms with Gasteiger partial charge in [0.2, 0.25) is 10.0 Å². The van der Waals surface area contributed by atoms with Crippen LogP contribution in [0, 0.1) is 0 Å². The molecule has 0 amide bonds. The fourth-order valence-electron chi connectivity index (χ4n) is 1.70. The van der Waals surface area contributed by atoms with Gasteiger partial charge in [-0.05, 0) is 30.2 Å². The third-order valence-corrected chi connectivity index (χ3v) is 4.25. The van der Waals surface area contributed by atoms with Crippen molar-refractivity contribution in [3.05, 3.63) is 53.9 Å². The third-order valence-electron chi connectivity index (χ3n) is 2.79. The molecule has 0 spiro atoms. The van der Waals surface area contributed by atoms with Gasteiger partial charge in [-0.15, -0.1) is 0 Å². The highest BCUT2D eigenvalue weighted by atomic mass is 32.2. The van der Waals surface area contributed by atoms with Crippen LogP contribution in [-0.4, -0.2) is 31.0 Å². The number of aromatic nitrogens is 1. The van der Waals surface area contributed by atoms with Crippen LogP contribution in [0.3, 0.4) is 0 Å². The molecule has 0 aliphatic carbocycles. The topological polar surface area (TPSA) is 99.3 Å². The van der Waals surface area contributed by atoms with Crippen molar-refractivity contribution in [3.8, 4) is 0 Å². The fraction of sp³-hybridized carbons (Fsp3) is 0.154. The molecule has 0 radical (unpaired) electrons. The molecule has 0 saturated heterocycles. The van der Waals surface area contributed by atoms with E-state index in [9.17, 15) is 13.2 Å². The van der Waals surface area contributed by atoms with Crippen molar-refractivity contribution in [1.29, 1.82) is 0 Å². The number of nitrogens with one attached hydrogen (secondary N) is 2. The first-order valence-electron chi connectivity index (χ1n) is 5.94. The van der Waals surface area contributed by atoms with Crippen molar-refractivity contribution in [2.75, 3.05) is 6.54 Å². The fourth-order valence-corrected chi connectivity index (χ4v) is 2.71. The summed E-state index contributed by atoms with van der Waals surface area (Å²) in [6, 6.07) is 7.82. The van der Waals surface area contributed by atoms with E-state index in [0.717, 1.165) is 5.56 Å². The van der Waals surface area contributed by atoms with Crippen LogP contribution < -0.4 is 4.72 Å². The van der Waals surface area contributed by atoms with E-state index in [2.05, 4.69) is 9.71 Å². The van der Waals surface area contributed by atoms with Crippen LogP contribution in [0.2, 0.25) is 0 Å². The highest BCUT2D eigenvalue weighted by Gasteiger charge is 2.13. The van der Waals surface area contributed by atoms with Crippen molar-refractivity contribution in [2.24, 2.45) is 0 Å². The van der Waals surface area contributed by atoms with Gasteiger partial charge < -0.3 is 10.1 Å². The van der Waals surface area contributed by atoms with Crippen LogP contribution in [-0.2, 0) is 16.4 Å². The van der Waals surface area contributed by atoms with Crippen LogP contribution in [0.25, 0.3) is 0 Å². The molecule has 6 nitrogen and oxygen atoms in total. The molecule has 0 fully saturated rings. The lowest BCUT2D eigenvalue weighted by Gasteiger charge is -2.05. The van der Waals surface area contributed by atoms with Gasteiger partial charge in [-0.1, -0.05) is 12.1 Å². The molecule has 0 bridgehead atoms. The Labute approximate surface area is 116 Å². The molecule has 0 aliphatic rings. The maximum absolute atomic E-state index is 11.8. The van der Waals surface area contributed by atoms with Gasteiger partial charge in [-0.3, -0.25) is 0 Å². The van der Waals surface area contributed by atoms with Crippen molar-refractivity contribution >= 4 is 16.0 Å². The van der Waals surface area contributed by atoms with Crippen molar-refractivity contribution in [1.82, 2.24) is 9.71 Å². The average Bonchev–Trinajstić information content (AvgIpc) is 2.94. The lowest BCUT2D eigenvalue weighted by molar-refractivity contribution is 0.0697. The second-order valence-electron chi connectivity index (χ2n) is 4.20. The van der Waals surface area contributed by atoms with E-state index in [-0.39, 0.29) is 17.0 Å². The first-order valence-corrected chi connectivity index (χ1v) is 7.42. The zero-order valence-corrected chi connectivity index (χ0v) is 11.4. The van der Waals surface area contributed by atoms with E-state index in [4.69, 9.17) is 5.11 Å². The van der Waals surface area contributed by atoms with Gasteiger partial charge in [0, 0.05) is 18.9 Å². The van der Waals surface area contributed by atoms with E-state index in [1.54, 1.807) is 18.3 Å². The van der Waals surface area contributed by atoms with Crippen LogP contribution >= 0.6 is 0 Å². The second-order valence-corrected chi connectivity index (χ2v) is 5.96. The summed E-state index contributed by atoms with van der Waals surface area (Å²) in [6.45, 7) is 0.250. The minimum atomic E-state index is -3.48. The summed E-state index contributed by atoms with van der Waals surface area (Å²) >= 11 is 0. The number of aromatic carboxylic acids is 1. The zero-order valence-electron chi connectivity index (χ0n) is 10.5. The lowest BCUT2D eigenvalue weighted by Crippen LogP contribution is -2.25. The van der Waals surface area contributed by atoms with Gasteiger partial charge >= 0.3 is 5.97 Å². The number of sulfonamides is 1. The molecule has 1 heterocycles. The molecule has 7 heteroatoms. The van der Waals surface area contributed by atoms with E-state index < -0.39 is 16.0 Å². The van der Waals surface area contributed by atoms with Gasteiger partial charge in [0.05, 0.1) is 10.5 Å². The number of benzene rings is 1. The Morgan fingerprint density at radius 1 is 1.20 bits per heavy atom. The molecule has 1 aromatic heterocycles. The molecule has 0 aliphatic heterocycles. The monoisotopic (exact) mass is 294 g/mol. The van der Waals surface area contributed by atoms with Crippen LogP contribution in [0.1, 0.15) is 15.9 Å². The Morgan fingerprint density at radius 2 is 1.90 bits per heavy atom. The Balaban J connectivity index is 1.92. The van der Waals surface area contributed by atoms with E-state index in [1.165, 1.54) is 24.4 Å². The molecule has 0 unspecified atom stereocenters. The molecule has 2 aromatic rings. The quantitative estimate of drug-likeness (QED) is 0.746. The normalized spacial score (nSPS) is 11.4. The molecule has 106 valence electrons. The van der Waals surface area contributed by atoms with Gasteiger partial charge in [0.1, 0.15) is 0 Å². The summed E-state index contributed by atoms with van der Waals surface area (Å²) < 4.78 is 26.1. The molecular formula is C13H14N2O4S. The third kappa shape index (κ3) is 3.46. The Bertz CT molecular complexity index is 676. The molecule has 0 saturated carbocycles. The van der Waals surface area contributed by atoms with Crippen molar-refractivity contribution < 1.29 is 18.3 Å². The number of hydrogen-bond acceptors (Lipinski definition) is 3. The van der Waals surface area contributed by atoms with Gasteiger partial charge in [-0.2, -0.15) is 0 Å². The van der Waals surface area contributed by atoms with E-state index in [1.807, 2.05) is 0 Å². The Morgan fingerprint density at radius 3 is 2.45 bits per heavy atom. The highest BCUT2D eigenvalue weighted by Crippen LogP contribution is 2.07. The van der Waals surface area contributed by atoms with Gasteiger partial charge in [-0.25, -0.2) is 17.9 Å². The number of rotatable bonds is 6. The molecule has 0 atom stereocenters. The summed E-state index contributed by atoms with van der Waals surface area (Å²) in [5.41, 5.74) is 1.08. The van der Waals surface area contributed by atoms with Crippen molar-refractivity contribution in [3.63, 3.8) is 0 Å². The lowest BCUT2D eigenvalue weighted by atomic mass is 10.1. The SMILES string of the molecule is O=C(O)c1ccc(CCNS(=O)(=O)c2cc[nH]c2)cc1. The maximum Gasteiger partial charge on any atom is 0.335 e. The number of H-pyrrole nitrogens is 1. The number of hydrogen-bond donors (Lipinski definition) is 3. The first kappa shape index (κ1) is 14.3. The Kier molecular flexibility index (Phi) is 4.21. The highest BCUT2D eigenvalue weighted by molar-refractivity contribution is 7.89. The van der Waals surface area contributed by atoms with Crippen LogP contribution in [0.4, 0.5) is 0 Å². The predicted octanol–water partition coefficient (Wildman–Crippen LogP) is 1.23. The number of carboxylic acids is 1. The second kappa shape index (κ2) is 5.89. The predicted molar refractivity (Wildman–Crippen MR) is 73.1 cm³/mol. The maximum atomic E-state index is 11.8. The molecule has 2 rings (SSSR count). The standard InChI is InChI=1S/C13H14N2O4S/c16-13(17)11-3-1-10(2-4-11)5-8-15-20(18,19)12-6-7-14-9-12/h1-4,6-7,9,14-15H,5,8H2,(H,16,17). The summed E-state index contributed by atoms with van der Waals surface area (Å²) in [5, 5.41) is 8.77. The van der Waals surface area contributed by atoms with E-state index in [0.29, 0.717) is 6.42 Å². The van der Waals surface area contributed by atoms with Crippen LogP contribution in [0.5, 0.6) is 0 Å². The van der Waals surface area contributed by atoms with E-state index >= 15 is 0 Å². The number of aromatic amines is 1. The minimum Gasteiger partial charge on any atom is -0.478 e. The number of carboxylic acid groups (broad SMARTS) is 1. The van der Waals surface area contributed by atoms with Gasteiger partial charge in [0.15, 0.2) is 0 Å². The van der Waals surface area contributed by atoms with Gasteiger partial charge in [0.25, 0.3) is 0 Å². The first-order chi connectivity index (χ1) is 9.49. The molecular weight excluding hydrogens is 280 g/mol. The smallest absolute Gasteiger partial charge is 0.335 e. The van der Waals surface area contributed by atoms with Crippen molar-refractivity contribution in [2.45, 2.75) is 11.3 Å². The molecule has 3 N–H and O–H groups in total. The van der Waals surface area contributed by atoms with Crippen LogP contribution in [0.15, 0.2) is 47.6 Å².